The van der Waals surface area contributed by atoms with Gasteiger partial charge in [0.25, 0.3) is 0 Å². The van der Waals surface area contributed by atoms with Gasteiger partial charge in [0, 0.05) is 11.8 Å². The smallest absolute Gasteiger partial charge is 0.0897 e. The number of unbranched alkanes of at least 4 members (excludes halogenated alkanes) is 1. The second-order valence-corrected chi connectivity index (χ2v) is 3.48. The molecule has 0 aliphatic carbocycles. The van der Waals surface area contributed by atoms with E-state index in [9.17, 15) is 0 Å². The fraction of sp³-hybridized carbons (Fsp3) is 0.444. The molecular weight excluding hydrogens is 154 g/mol. The average Bonchev–Trinajstić information content (AvgIpc) is 2.37. The van der Waals surface area contributed by atoms with Gasteiger partial charge < -0.3 is 0 Å². The summed E-state index contributed by atoms with van der Waals surface area (Å²) in [6.07, 6.45) is 8.07. The van der Waals surface area contributed by atoms with Crippen molar-refractivity contribution in [1.82, 2.24) is 4.98 Å². The van der Waals surface area contributed by atoms with Gasteiger partial charge in [0.05, 0.1) is 10.7 Å². The lowest BCUT2D eigenvalue weighted by molar-refractivity contribution is 0.835. The van der Waals surface area contributed by atoms with Crippen LogP contribution in [0.2, 0.25) is 0 Å². The maximum Gasteiger partial charge on any atom is 0.0897 e. The van der Waals surface area contributed by atoms with Gasteiger partial charge in [-0.2, -0.15) is 0 Å². The maximum atomic E-state index is 5.13. The molecule has 1 aromatic rings. The average molecular weight is 165 g/mol. The first-order valence-corrected chi connectivity index (χ1v) is 4.55. The Morgan fingerprint density at radius 3 is 3.09 bits per heavy atom. The summed E-state index contributed by atoms with van der Waals surface area (Å²) < 4.78 is 0. The van der Waals surface area contributed by atoms with Gasteiger partial charge in [0.15, 0.2) is 0 Å². The second kappa shape index (κ2) is 4.15. The summed E-state index contributed by atoms with van der Waals surface area (Å²) in [5.74, 6) is 2.62. The monoisotopic (exact) mass is 165 g/mol. The predicted molar refractivity (Wildman–Crippen MR) is 48.6 cm³/mol. The molecule has 0 unspecified atom stereocenters. The number of nitrogens with zero attached hydrogens (tertiary/aromatic N) is 1. The van der Waals surface area contributed by atoms with Crippen molar-refractivity contribution in [1.29, 1.82) is 0 Å². The van der Waals surface area contributed by atoms with E-state index in [1.807, 2.05) is 6.92 Å². The van der Waals surface area contributed by atoms with E-state index in [-0.39, 0.29) is 0 Å². The molecule has 1 aromatic heterocycles. The molecule has 0 aliphatic heterocycles. The lowest BCUT2D eigenvalue weighted by atomic mass is 10.2. The number of terminal acetylenes is 1. The molecule has 0 bridgehead atoms. The highest BCUT2D eigenvalue weighted by molar-refractivity contribution is 7.09. The first kappa shape index (κ1) is 8.29. The van der Waals surface area contributed by atoms with Crippen LogP contribution in [0.3, 0.4) is 0 Å². The Labute approximate surface area is 71.5 Å². The van der Waals surface area contributed by atoms with Crippen LogP contribution in [0.5, 0.6) is 0 Å². The molecule has 0 radical (unpaired) electrons. The van der Waals surface area contributed by atoms with Crippen molar-refractivity contribution >= 4 is 11.3 Å². The van der Waals surface area contributed by atoms with Gasteiger partial charge in [-0.05, 0) is 19.8 Å². The van der Waals surface area contributed by atoms with Crippen LogP contribution in [0.25, 0.3) is 0 Å². The third-order valence-electron chi connectivity index (χ3n) is 1.42. The third kappa shape index (κ3) is 2.73. The normalized spacial score (nSPS) is 9.45. The topological polar surface area (TPSA) is 12.9 Å². The van der Waals surface area contributed by atoms with Crippen LogP contribution in [0, 0.1) is 19.3 Å². The van der Waals surface area contributed by atoms with Gasteiger partial charge in [0.2, 0.25) is 0 Å². The lowest BCUT2D eigenvalue weighted by Gasteiger charge is -1.90. The predicted octanol–water partition coefficient (Wildman–Crippen LogP) is 2.41. The summed E-state index contributed by atoms with van der Waals surface area (Å²) in [5, 5.41) is 3.24. The van der Waals surface area contributed by atoms with Gasteiger partial charge in [-0.3, -0.25) is 0 Å². The molecule has 0 aromatic carbocycles. The zero-order valence-electron chi connectivity index (χ0n) is 6.63. The van der Waals surface area contributed by atoms with E-state index in [4.69, 9.17) is 6.42 Å². The van der Waals surface area contributed by atoms with E-state index < -0.39 is 0 Å². The Morgan fingerprint density at radius 1 is 1.73 bits per heavy atom. The fourth-order valence-electron chi connectivity index (χ4n) is 0.895. The molecule has 1 nitrogen and oxygen atoms in total. The number of thiazole rings is 1. The highest BCUT2D eigenvalue weighted by Gasteiger charge is 1.95. The second-order valence-electron chi connectivity index (χ2n) is 2.42. The lowest BCUT2D eigenvalue weighted by Crippen LogP contribution is -1.84. The summed E-state index contributed by atoms with van der Waals surface area (Å²) in [6.45, 7) is 2.02. The van der Waals surface area contributed by atoms with Crippen molar-refractivity contribution in [3.8, 4) is 12.3 Å². The molecule has 0 aliphatic rings. The van der Waals surface area contributed by atoms with E-state index >= 15 is 0 Å². The van der Waals surface area contributed by atoms with Gasteiger partial charge in [-0.1, -0.05) is 0 Å². The molecule has 0 atom stereocenters. The van der Waals surface area contributed by atoms with Gasteiger partial charge in [-0.25, -0.2) is 4.98 Å². The molecule has 1 heterocycles. The number of rotatable bonds is 3. The van der Waals surface area contributed by atoms with E-state index in [0.29, 0.717) is 0 Å². The minimum Gasteiger partial charge on any atom is -0.247 e. The molecule has 0 N–H and O–H groups in total. The molecule has 2 heteroatoms. The van der Waals surface area contributed by atoms with Gasteiger partial charge in [0.1, 0.15) is 0 Å². The minimum absolute atomic E-state index is 0.858. The molecule has 0 amide bonds. The molecule has 0 fully saturated rings. The number of hydrogen-bond donors (Lipinski definition) is 0. The van der Waals surface area contributed by atoms with Crippen LogP contribution < -0.4 is 0 Å². The first-order valence-electron chi connectivity index (χ1n) is 3.67. The summed E-state index contributed by atoms with van der Waals surface area (Å²) in [6, 6.07) is 0. The first-order chi connectivity index (χ1) is 5.33. The van der Waals surface area contributed by atoms with Gasteiger partial charge >= 0.3 is 0 Å². The molecule has 0 saturated heterocycles. The molecular formula is C9H11NS. The quantitative estimate of drug-likeness (QED) is 0.495. The Balaban J connectivity index is 2.34. The maximum absolute atomic E-state index is 5.13. The fourth-order valence-corrected chi connectivity index (χ4v) is 1.54. The SMILES string of the molecule is C#CCCCc1csc(C)n1. The summed E-state index contributed by atoms with van der Waals surface area (Å²) in [4.78, 5) is 4.33. The molecule has 58 valence electrons. The zero-order valence-corrected chi connectivity index (χ0v) is 7.45. The molecule has 1 rings (SSSR count). The Kier molecular flexibility index (Phi) is 3.13. The van der Waals surface area contributed by atoms with Crippen molar-refractivity contribution in [3.05, 3.63) is 16.1 Å². The van der Waals surface area contributed by atoms with Crippen molar-refractivity contribution in [2.45, 2.75) is 26.2 Å². The third-order valence-corrected chi connectivity index (χ3v) is 2.24. The van der Waals surface area contributed by atoms with Gasteiger partial charge in [-0.15, -0.1) is 23.7 Å². The number of aromatic nitrogens is 1. The van der Waals surface area contributed by atoms with E-state index in [1.165, 1.54) is 5.69 Å². The van der Waals surface area contributed by atoms with Crippen LogP contribution in [-0.4, -0.2) is 4.98 Å². The van der Waals surface area contributed by atoms with Crippen molar-refractivity contribution in [2.75, 3.05) is 0 Å². The van der Waals surface area contributed by atoms with Crippen molar-refractivity contribution < 1.29 is 0 Å². The number of hydrogen-bond acceptors (Lipinski definition) is 2. The van der Waals surface area contributed by atoms with E-state index in [1.54, 1.807) is 11.3 Å². The Morgan fingerprint density at radius 2 is 2.55 bits per heavy atom. The standard InChI is InChI=1S/C9H11NS/c1-3-4-5-6-9-7-11-8(2)10-9/h1,7H,4-6H2,2H3. The van der Waals surface area contributed by atoms with Crippen LogP contribution >= 0.6 is 11.3 Å². The van der Waals surface area contributed by atoms with Crippen LogP contribution in [0.15, 0.2) is 5.38 Å². The molecule has 0 saturated carbocycles. The Hall–Kier alpha value is -0.810. The van der Waals surface area contributed by atoms with Crippen LogP contribution in [-0.2, 0) is 6.42 Å². The molecule has 11 heavy (non-hydrogen) atoms. The largest absolute Gasteiger partial charge is 0.247 e. The molecule has 0 spiro atoms. The minimum atomic E-state index is 0.858. The highest BCUT2D eigenvalue weighted by atomic mass is 32.1. The van der Waals surface area contributed by atoms with Crippen molar-refractivity contribution in [3.63, 3.8) is 0 Å². The van der Waals surface area contributed by atoms with Crippen molar-refractivity contribution in [2.24, 2.45) is 0 Å². The highest BCUT2D eigenvalue weighted by Crippen LogP contribution is 2.10. The van der Waals surface area contributed by atoms with Crippen LogP contribution in [0.1, 0.15) is 23.5 Å². The van der Waals surface area contributed by atoms with E-state index in [2.05, 4.69) is 16.3 Å². The Bertz CT molecular complexity index is 257. The summed E-state index contributed by atoms with van der Waals surface area (Å²) in [5.41, 5.74) is 1.18. The number of aryl methyl sites for hydroxylation is 2. The summed E-state index contributed by atoms with van der Waals surface area (Å²) in [7, 11) is 0. The van der Waals surface area contributed by atoms with Crippen LogP contribution in [0.4, 0.5) is 0 Å². The van der Waals surface area contributed by atoms with E-state index in [0.717, 1.165) is 24.3 Å². The zero-order chi connectivity index (χ0) is 8.10. The summed E-state index contributed by atoms with van der Waals surface area (Å²) >= 11 is 1.70.